The zero-order valence-electron chi connectivity index (χ0n) is 10.2. The summed E-state index contributed by atoms with van der Waals surface area (Å²) in [6, 6.07) is 5.05. The normalized spacial score (nSPS) is 18.4. The predicted molar refractivity (Wildman–Crippen MR) is 70.2 cm³/mol. The van der Waals surface area contributed by atoms with Crippen molar-refractivity contribution >= 4 is 23.2 Å². The molecule has 1 aliphatic heterocycles. The predicted octanol–water partition coefficient (Wildman–Crippen LogP) is 2.79. The molecule has 1 amide bonds. The SMILES string of the molecule is CC1(C)CCN(C(=O)c2ccc(N)c(Cl)c2)C1. The highest BCUT2D eigenvalue weighted by atomic mass is 35.5. The third-order valence-corrected chi connectivity index (χ3v) is 3.54. The summed E-state index contributed by atoms with van der Waals surface area (Å²) in [5.41, 5.74) is 6.96. The Hall–Kier alpha value is -1.22. The Morgan fingerprint density at radius 3 is 2.71 bits per heavy atom. The summed E-state index contributed by atoms with van der Waals surface area (Å²) < 4.78 is 0. The van der Waals surface area contributed by atoms with Crippen LogP contribution >= 0.6 is 11.6 Å². The van der Waals surface area contributed by atoms with Gasteiger partial charge in [-0.05, 0) is 30.0 Å². The van der Waals surface area contributed by atoms with Gasteiger partial charge in [0.05, 0.1) is 10.7 Å². The van der Waals surface area contributed by atoms with Crippen molar-refractivity contribution in [1.29, 1.82) is 0 Å². The molecule has 0 spiro atoms. The highest BCUT2D eigenvalue weighted by Gasteiger charge is 2.32. The summed E-state index contributed by atoms with van der Waals surface area (Å²) in [6.45, 7) is 5.97. The fourth-order valence-electron chi connectivity index (χ4n) is 2.13. The number of carbonyl (C=O) groups excluding carboxylic acids is 1. The number of rotatable bonds is 1. The number of anilines is 1. The van der Waals surface area contributed by atoms with E-state index in [0.29, 0.717) is 16.3 Å². The monoisotopic (exact) mass is 252 g/mol. The minimum Gasteiger partial charge on any atom is -0.398 e. The van der Waals surface area contributed by atoms with Crippen LogP contribution in [0.4, 0.5) is 5.69 Å². The topological polar surface area (TPSA) is 46.3 Å². The van der Waals surface area contributed by atoms with Crippen molar-refractivity contribution in [3.05, 3.63) is 28.8 Å². The van der Waals surface area contributed by atoms with Gasteiger partial charge in [0, 0.05) is 18.7 Å². The first-order valence-corrected chi connectivity index (χ1v) is 6.11. The number of likely N-dealkylation sites (tertiary alicyclic amines) is 1. The number of nitrogens with two attached hydrogens (primary N) is 1. The zero-order chi connectivity index (χ0) is 12.6. The van der Waals surface area contributed by atoms with Crippen molar-refractivity contribution in [2.75, 3.05) is 18.8 Å². The average Bonchev–Trinajstić information content (AvgIpc) is 2.62. The molecule has 1 heterocycles. The Morgan fingerprint density at radius 2 is 2.18 bits per heavy atom. The molecular formula is C13H17ClN2O. The Morgan fingerprint density at radius 1 is 1.47 bits per heavy atom. The minimum atomic E-state index is 0.0393. The van der Waals surface area contributed by atoms with E-state index < -0.39 is 0 Å². The molecule has 1 saturated heterocycles. The van der Waals surface area contributed by atoms with Gasteiger partial charge in [0.15, 0.2) is 0 Å². The molecule has 0 atom stereocenters. The zero-order valence-corrected chi connectivity index (χ0v) is 10.9. The van der Waals surface area contributed by atoms with E-state index in [1.54, 1.807) is 18.2 Å². The summed E-state index contributed by atoms with van der Waals surface area (Å²) in [4.78, 5) is 14.1. The first-order valence-electron chi connectivity index (χ1n) is 5.73. The van der Waals surface area contributed by atoms with E-state index in [-0.39, 0.29) is 11.3 Å². The van der Waals surface area contributed by atoms with Crippen molar-refractivity contribution in [3.8, 4) is 0 Å². The van der Waals surface area contributed by atoms with E-state index in [2.05, 4.69) is 13.8 Å². The maximum absolute atomic E-state index is 12.2. The van der Waals surface area contributed by atoms with Gasteiger partial charge in [-0.2, -0.15) is 0 Å². The van der Waals surface area contributed by atoms with Crippen molar-refractivity contribution in [2.45, 2.75) is 20.3 Å². The van der Waals surface area contributed by atoms with Crippen LogP contribution in [0.2, 0.25) is 5.02 Å². The quantitative estimate of drug-likeness (QED) is 0.782. The number of amides is 1. The van der Waals surface area contributed by atoms with E-state index in [9.17, 15) is 4.79 Å². The molecule has 2 N–H and O–H groups in total. The summed E-state index contributed by atoms with van der Waals surface area (Å²) in [5.74, 6) is 0.0393. The van der Waals surface area contributed by atoms with Gasteiger partial charge in [-0.25, -0.2) is 0 Å². The van der Waals surface area contributed by atoms with Crippen molar-refractivity contribution in [1.82, 2.24) is 4.90 Å². The van der Waals surface area contributed by atoms with Crippen LogP contribution in [0, 0.1) is 5.41 Å². The second-order valence-electron chi connectivity index (χ2n) is 5.38. The smallest absolute Gasteiger partial charge is 0.253 e. The lowest BCUT2D eigenvalue weighted by molar-refractivity contribution is 0.0778. The molecule has 92 valence electrons. The molecule has 1 aromatic rings. The highest BCUT2D eigenvalue weighted by molar-refractivity contribution is 6.33. The molecule has 1 fully saturated rings. The van der Waals surface area contributed by atoms with Gasteiger partial charge in [-0.1, -0.05) is 25.4 Å². The summed E-state index contributed by atoms with van der Waals surface area (Å²) in [5, 5.41) is 0.439. The molecule has 1 aromatic carbocycles. The number of halogens is 1. The molecule has 0 aromatic heterocycles. The third-order valence-electron chi connectivity index (χ3n) is 3.21. The second kappa shape index (κ2) is 4.22. The highest BCUT2D eigenvalue weighted by Crippen LogP contribution is 2.30. The van der Waals surface area contributed by atoms with Crippen LogP contribution in [0.1, 0.15) is 30.6 Å². The van der Waals surface area contributed by atoms with Crippen LogP contribution < -0.4 is 5.73 Å². The molecule has 1 aliphatic rings. The Labute approximate surface area is 107 Å². The molecule has 3 nitrogen and oxygen atoms in total. The lowest BCUT2D eigenvalue weighted by Gasteiger charge is -2.20. The van der Waals surface area contributed by atoms with E-state index in [4.69, 9.17) is 17.3 Å². The molecule has 0 radical (unpaired) electrons. The van der Waals surface area contributed by atoms with Gasteiger partial charge >= 0.3 is 0 Å². The standard InChI is InChI=1S/C13H17ClN2O/c1-13(2)5-6-16(8-13)12(17)9-3-4-11(15)10(14)7-9/h3-4,7H,5-6,8,15H2,1-2H3. The molecule has 0 bridgehead atoms. The van der Waals surface area contributed by atoms with Crippen molar-refractivity contribution in [3.63, 3.8) is 0 Å². The van der Waals surface area contributed by atoms with Crippen LogP contribution in [0.25, 0.3) is 0 Å². The summed E-state index contributed by atoms with van der Waals surface area (Å²) in [7, 11) is 0. The maximum Gasteiger partial charge on any atom is 0.253 e. The number of hydrogen-bond acceptors (Lipinski definition) is 2. The first kappa shape index (κ1) is 12.2. The van der Waals surface area contributed by atoms with Crippen molar-refractivity contribution in [2.24, 2.45) is 5.41 Å². The molecule has 0 saturated carbocycles. The maximum atomic E-state index is 12.2. The minimum absolute atomic E-state index is 0.0393. The third kappa shape index (κ3) is 2.55. The van der Waals surface area contributed by atoms with E-state index in [1.165, 1.54) is 0 Å². The van der Waals surface area contributed by atoms with Crippen LogP contribution in [0.15, 0.2) is 18.2 Å². The Kier molecular flexibility index (Phi) is 3.04. The number of hydrogen-bond donors (Lipinski definition) is 1. The molecular weight excluding hydrogens is 236 g/mol. The summed E-state index contributed by atoms with van der Waals surface area (Å²) >= 11 is 5.92. The fourth-order valence-corrected chi connectivity index (χ4v) is 2.31. The van der Waals surface area contributed by atoms with Gasteiger partial charge < -0.3 is 10.6 Å². The fraction of sp³-hybridized carbons (Fsp3) is 0.462. The van der Waals surface area contributed by atoms with E-state index in [0.717, 1.165) is 19.5 Å². The molecule has 0 unspecified atom stereocenters. The van der Waals surface area contributed by atoms with Gasteiger partial charge in [0.1, 0.15) is 0 Å². The average molecular weight is 253 g/mol. The lowest BCUT2D eigenvalue weighted by atomic mass is 9.93. The number of nitrogen functional groups attached to an aromatic ring is 1. The summed E-state index contributed by atoms with van der Waals surface area (Å²) in [6.07, 6.45) is 1.04. The van der Waals surface area contributed by atoms with E-state index in [1.807, 2.05) is 4.90 Å². The van der Waals surface area contributed by atoms with Crippen LogP contribution in [0.3, 0.4) is 0 Å². The lowest BCUT2D eigenvalue weighted by Crippen LogP contribution is -2.30. The largest absolute Gasteiger partial charge is 0.398 e. The van der Waals surface area contributed by atoms with Gasteiger partial charge in [0.2, 0.25) is 0 Å². The molecule has 0 aliphatic carbocycles. The molecule has 2 rings (SSSR count). The number of carbonyl (C=O) groups is 1. The van der Waals surface area contributed by atoms with E-state index >= 15 is 0 Å². The first-order chi connectivity index (χ1) is 7.89. The van der Waals surface area contributed by atoms with Gasteiger partial charge in [-0.3, -0.25) is 4.79 Å². The Bertz CT molecular complexity index is 457. The van der Waals surface area contributed by atoms with Crippen LogP contribution in [0.5, 0.6) is 0 Å². The molecule has 17 heavy (non-hydrogen) atoms. The van der Waals surface area contributed by atoms with Crippen LogP contribution in [-0.2, 0) is 0 Å². The van der Waals surface area contributed by atoms with Crippen molar-refractivity contribution < 1.29 is 4.79 Å². The molecule has 4 heteroatoms. The number of benzene rings is 1. The second-order valence-corrected chi connectivity index (χ2v) is 5.78. The van der Waals surface area contributed by atoms with Gasteiger partial charge in [-0.15, -0.1) is 0 Å². The Balaban J connectivity index is 2.18. The number of nitrogens with zero attached hydrogens (tertiary/aromatic N) is 1. The van der Waals surface area contributed by atoms with Crippen LogP contribution in [-0.4, -0.2) is 23.9 Å². The van der Waals surface area contributed by atoms with Gasteiger partial charge in [0.25, 0.3) is 5.91 Å².